The topological polar surface area (TPSA) is 65.4 Å². The molecule has 0 saturated carbocycles. The standard InChI is InChI=1S/C13H11BrN4O/c14-9-1-4-11(5-2-9)19-8-13-17-16-12-6-3-10(15)7-18(12)13/h1-7H,8,15H2. The molecule has 0 fully saturated rings. The monoisotopic (exact) mass is 318 g/mol. The van der Waals surface area contributed by atoms with E-state index in [9.17, 15) is 0 Å². The van der Waals surface area contributed by atoms with E-state index < -0.39 is 0 Å². The zero-order valence-electron chi connectivity index (χ0n) is 9.95. The SMILES string of the molecule is Nc1ccc2nnc(COc3ccc(Br)cc3)n2c1. The Morgan fingerprint density at radius 3 is 2.68 bits per heavy atom. The van der Waals surface area contributed by atoms with Gasteiger partial charge in [-0.05, 0) is 36.4 Å². The molecule has 1 aromatic carbocycles. The lowest BCUT2D eigenvalue weighted by atomic mass is 10.3. The molecule has 0 saturated heterocycles. The lowest BCUT2D eigenvalue weighted by Crippen LogP contribution is -2.02. The lowest BCUT2D eigenvalue weighted by molar-refractivity contribution is 0.294. The molecular weight excluding hydrogens is 308 g/mol. The normalized spacial score (nSPS) is 10.8. The zero-order chi connectivity index (χ0) is 13.2. The van der Waals surface area contributed by atoms with Crippen LogP contribution in [0.4, 0.5) is 5.69 Å². The molecule has 19 heavy (non-hydrogen) atoms. The first-order valence-electron chi connectivity index (χ1n) is 5.70. The van der Waals surface area contributed by atoms with Crippen molar-refractivity contribution in [1.29, 1.82) is 0 Å². The van der Waals surface area contributed by atoms with E-state index >= 15 is 0 Å². The summed E-state index contributed by atoms with van der Waals surface area (Å²) in [5.41, 5.74) is 7.17. The Hall–Kier alpha value is -2.08. The Balaban J connectivity index is 1.81. The zero-order valence-corrected chi connectivity index (χ0v) is 11.5. The van der Waals surface area contributed by atoms with Gasteiger partial charge in [-0.15, -0.1) is 10.2 Å². The summed E-state index contributed by atoms with van der Waals surface area (Å²) < 4.78 is 8.51. The third-order valence-corrected chi connectivity index (χ3v) is 3.21. The van der Waals surface area contributed by atoms with Crippen LogP contribution >= 0.6 is 15.9 Å². The number of pyridine rings is 1. The molecule has 2 heterocycles. The molecule has 0 amide bonds. The number of halogens is 1. The molecule has 5 nitrogen and oxygen atoms in total. The quantitative estimate of drug-likeness (QED) is 0.806. The third kappa shape index (κ3) is 2.53. The van der Waals surface area contributed by atoms with Crippen molar-refractivity contribution >= 4 is 27.3 Å². The van der Waals surface area contributed by atoms with Crippen LogP contribution < -0.4 is 10.5 Å². The summed E-state index contributed by atoms with van der Waals surface area (Å²) in [7, 11) is 0. The number of hydrogen-bond acceptors (Lipinski definition) is 4. The maximum atomic E-state index is 5.75. The third-order valence-electron chi connectivity index (χ3n) is 2.68. The summed E-state index contributed by atoms with van der Waals surface area (Å²) in [5, 5.41) is 8.15. The van der Waals surface area contributed by atoms with E-state index in [0.29, 0.717) is 18.1 Å². The second-order valence-corrected chi connectivity index (χ2v) is 4.97. The highest BCUT2D eigenvalue weighted by molar-refractivity contribution is 9.10. The first kappa shape index (κ1) is 12.0. The summed E-state index contributed by atoms with van der Waals surface area (Å²) in [5.74, 6) is 1.49. The number of rotatable bonds is 3. The van der Waals surface area contributed by atoms with Crippen molar-refractivity contribution in [1.82, 2.24) is 14.6 Å². The number of nitrogens with zero attached hydrogens (tertiary/aromatic N) is 3. The molecule has 6 heteroatoms. The average Bonchev–Trinajstić information content (AvgIpc) is 2.80. The van der Waals surface area contributed by atoms with E-state index in [1.807, 2.05) is 34.7 Å². The van der Waals surface area contributed by atoms with Gasteiger partial charge in [-0.25, -0.2) is 0 Å². The summed E-state index contributed by atoms with van der Waals surface area (Å²) in [6.45, 7) is 0.340. The van der Waals surface area contributed by atoms with Gasteiger partial charge in [-0.3, -0.25) is 4.40 Å². The van der Waals surface area contributed by atoms with Crippen LogP contribution in [0.1, 0.15) is 5.82 Å². The second kappa shape index (κ2) is 4.89. The lowest BCUT2D eigenvalue weighted by Gasteiger charge is -2.05. The minimum Gasteiger partial charge on any atom is -0.486 e. The molecule has 2 aromatic heterocycles. The van der Waals surface area contributed by atoms with Crippen LogP contribution in [0, 0.1) is 0 Å². The fourth-order valence-electron chi connectivity index (χ4n) is 1.73. The first-order chi connectivity index (χ1) is 9.22. The van der Waals surface area contributed by atoms with Crippen molar-refractivity contribution in [3.8, 4) is 5.75 Å². The Kier molecular flexibility index (Phi) is 3.08. The van der Waals surface area contributed by atoms with Crippen LogP contribution in [0.25, 0.3) is 5.65 Å². The van der Waals surface area contributed by atoms with E-state index in [2.05, 4.69) is 26.1 Å². The largest absolute Gasteiger partial charge is 0.486 e. The number of ether oxygens (including phenoxy) is 1. The van der Waals surface area contributed by atoms with Gasteiger partial charge in [0.1, 0.15) is 12.4 Å². The molecule has 0 aliphatic rings. The smallest absolute Gasteiger partial charge is 0.175 e. The van der Waals surface area contributed by atoms with Gasteiger partial charge in [-0.2, -0.15) is 0 Å². The number of nitrogens with two attached hydrogens (primary N) is 1. The second-order valence-electron chi connectivity index (χ2n) is 4.05. The van der Waals surface area contributed by atoms with Crippen LogP contribution in [-0.2, 0) is 6.61 Å². The van der Waals surface area contributed by atoms with Crippen molar-refractivity contribution < 1.29 is 4.74 Å². The molecule has 3 rings (SSSR count). The van der Waals surface area contributed by atoms with Gasteiger partial charge < -0.3 is 10.5 Å². The van der Waals surface area contributed by atoms with Crippen molar-refractivity contribution in [3.63, 3.8) is 0 Å². The van der Waals surface area contributed by atoms with E-state index in [1.165, 1.54) is 0 Å². The fraction of sp³-hybridized carbons (Fsp3) is 0.0769. The number of fused-ring (bicyclic) bond motifs is 1. The fourth-order valence-corrected chi connectivity index (χ4v) is 2.00. The van der Waals surface area contributed by atoms with Crippen LogP contribution in [0.2, 0.25) is 0 Å². The number of hydrogen-bond donors (Lipinski definition) is 1. The van der Waals surface area contributed by atoms with E-state index in [4.69, 9.17) is 10.5 Å². The van der Waals surface area contributed by atoms with Crippen LogP contribution in [0.3, 0.4) is 0 Å². The average molecular weight is 319 g/mol. The number of benzene rings is 1. The molecule has 0 radical (unpaired) electrons. The maximum Gasteiger partial charge on any atom is 0.175 e. The highest BCUT2D eigenvalue weighted by atomic mass is 79.9. The molecule has 0 bridgehead atoms. The van der Waals surface area contributed by atoms with Crippen LogP contribution in [-0.4, -0.2) is 14.6 Å². The molecule has 96 valence electrons. The van der Waals surface area contributed by atoms with Crippen molar-refractivity contribution in [2.75, 3.05) is 5.73 Å². The number of anilines is 1. The predicted octanol–water partition coefficient (Wildman–Crippen LogP) is 2.65. The molecule has 0 aliphatic carbocycles. The molecule has 0 spiro atoms. The molecule has 0 aliphatic heterocycles. The van der Waals surface area contributed by atoms with Gasteiger partial charge in [0.2, 0.25) is 0 Å². The predicted molar refractivity (Wildman–Crippen MR) is 75.9 cm³/mol. The molecular formula is C13H11BrN4O. The summed E-state index contributed by atoms with van der Waals surface area (Å²) in [6, 6.07) is 11.3. The minimum absolute atomic E-state index is 0.340. The molecule has 0 atom stereocenters. The van der Waals surface area contributed by atoms with Gasteiger partial charge in [0.15, 0.2) is 11.5 Å². The van der Waals surface area contributed by atoms with Crippen molar-refractivity contribution in [2.45, 2.75) is 6.61 Å². The van der Waals surface area contributed by atoms with Gasteiger partial charge in [0.25, 0.3) is 0 Å². The van der Waals surface area contributed by atoms with Gasteiger partial charge >= 0.3 is 0 Å². The van der Waals surface area contributed by atoms with Crippen LogP contribution in [0.15, 0.2) is 47.1 Å². The van der Waals surface area contributed by atoms with Crippen molar-refractivity contribution in [3.05, 3.63) is 52.9 Å². The highest BCUT2D eigenvalue weighted by Gasteiger charge is 2.06. The van der Waals surface area contributed by atoms with Crippen molar-refractivity contribution in [2.24, 2.45) is 0 Å². The molecule has 3 aromatic rings. The highest BCUT2D eigenvalue weighted by Crippen LogP contribution is 2.17. The Morgan fingerprint density at radius 1 is 1.11 bits per heavy atom. The minimum atomic E-state index is 0.340. The molecule has 0 unspecified atom stereocenters. The molecule has 2 N–H and O–H groups in total. The summed E-state index contributed by atoms with van der Waals surface area (Å²) >= 11 is 3.38. The Labute approximate surface area is 118 Å². The first-order valence-corrected chi connectivity index (χ1v) is 6.49. The number of aromatic nitrogens is 3. The van der Waals surface area contributed by atoms with E-state index in [-0.39, 0.29) is 0 Å². The Morgan fingerprint density at radius 2 is 1.89 bits per heavy atom. The van der Waals surface area contributed by atoms with Gasteiger partial charge in [0.05, 0.1) is 0 Å². The Bertz CT molecular complexity index is 708. The van der Waals surface area contributed by atoms with Gasteiger partial charge in [-0.1, -0.05) is 15.9 Å². The summed E-state index contributed by atoms with van der Waals surface area (Å²) in [6.07, 6.45) is 1.79. The summed E-state index contributed by atoms with van der Waals surface area (Å²) in [4.78, 5) is 0. The number of nitrogen functional groups attached to an aromatic ring is 1. The van der Waals surface area contributed by atoms with E-state index in [0.717, 1.165) is 15.9 Å². The maximum absolute atomic E-state index is 5.75. The van der Waals surface area contributed by atoms with Gasteiger partial charge in [0, 0.05) is 16.4 Å². The van der Waals surface area contributed by atoms with E-state index in [1.54, 1.807) is 12.3 Å². The van der Waals surface area contributed by atoms with Crippen LogP contribution in [0.5, 0.6) is 5.75 Å².